The van der Waals surface area contributed by atoms with E-state index in [-0.39, 0.29) is 12.5 Å². The number of aliphatic imine (C=N–C) groups is 1. The number of halogens is 1. The molecule has 1 fully saturated rings. The molecule has 0 radical (unpaired) electrons. The van der Waals surface area contributed by atoms with Crippen LogP contribution >= 0.6 is 11.6 Å². The maximum absolute atomic E-state index is 12.7. The minimum absolute atomic E-state index is 0.0639. The van der Waals surface area contributed by atoms with E-state index in [0.717, 1.165) is 34.6 Å². The Hall–Kier alpha value is -2.13. The number of benzene rings is 2. The molecule has 0 atom stereocenters. The molecule has 1 amide bonds. The maximum atomic E-state index is 12.7. The van der Waals surface area contributed by atoms with Crippen molar-refractivity contribution in [3.63, 3.8) is 0 Å². The highest BCUT2D eigenvalue weighted by atomic mass is 35.5. The molecule has 3 nitrogen and oxygen atoms in total. The summed E-state index contributed by atoms with van der Waals surface area (Å²) in [6, 6.07) is 13.9. The first-order valence-electron chi connectivity index (χ1n) is 8.34. The summed E-state index contributed by atoms with van der Waals surface area (Å²) in [6.07, 6.45) is 2.41. The van der Waals surface area contributed by atoms with Gasteiger partial charge in [0.1, 0.15) is 6.54 Å². The van der Waals surface area contributed by atoms with Crippen LogP contribution in [0.4, 0.5) is 5.69 Å². The molecule has 4 heteroatoms. The lowest BCUT2D eigenvalue weighted by atomic mass is 9.96. The molecule has 4 rings (SSSR count). The van der Waals surface area contributed by atoms with Crippen molar-refractivity contribution in [1.82, 2.24) is 0 Å². The van der Waals surface area contributed by atoms with E-state index < -0.39 is 0 Å². The lowest BCUT2D eigenvalue weighted by Gasteiger charge is -2.23. The third-order valence-corrected chi connectivity index (χ3v) is 4.95. The van der Waals surface area contributed by atoms with Gasteiger partial charge in [-0.25, -0.2) is 0 Å². The molecule has 0 spiro atoms. The summed E-state index contributed by atoms with van der Waals surface area (Å²) in [7, 11) is 0. The van der Waals surface area contributed by atoms with Crippen molar-refractivity contribution in [3.05, 3.63) is 64.2 Å². The van der Waals surface area contributed by atoms with Gasteiger partial charge in [-0.05, 0) is 49.4 Å². The summed E-state index contributed by atoms with van der Waals surface area (Å²) >= 11 is 6.27. The first-order valence-corrected chi connectivity index (χ1v) is 8.72. The van der Waals surface area contributed by atoms with Gasteiger partial charge >= 0.3 is 0 Å². The van der Waals surface area contributed by atoms with E-state index in [4.69, 9.17) is 11.6 Å². The number of anilines is 1. The molecular formula is C20H19ClN2O. The summed E-state index contributed by atoms with van der Waals surface area (Å²) in [5.41, 5.74) is 4.93. The summed E-state index contributed by atoms with van der Waals surface area (Å²) in [5.74, 6) is 0.687. The molecule has 0 unspecified atom stereocenters. The fraction of sp³-hybridized carbons (Fsp3) is 0.300. The van der Waals surface area contributed by atoms with Crippen LogP contribution in [0.3, 0.4) is 0 Å². The molecule has 0 saturated heterocycles. The molecule has 1 heterocycles. The number of benzodiazepines with no additional fused rings is 1. The topological polar surface area (TPSA) is 32.7 Å². The average Bonchev–Trinajstić information content (AvgIpc) is 3.39. The van der Waals surface area contributed by atoms with E-state index in [2.05, 4.69) is 24.0 Å². The molecule has 0 N–H and O–H groups in total. The number of rotatable bonds is 3. The molecule has 0 bridgehead atoms. The second-order valence-electron chi connectivity index (χ2n) is 6.59. The zero-order valence-electron chi connectivity index (χ0n) is 13.6. The van der Waals surface area contributed by atoms with Crippen molar-refractivity contribution < 1.29 is 4.79 Å². The highest BCUT2D eigenvalue weighted by Crippen LogP contribution is 2.35. The van der Waals surface area contributed by atoms with E-state index >= 15 is 0 Å². The SMILES string of the molecule is Cc1ccccc1C1=NCC(=O)N(CC2CC2)c2ccc(Cl)cc21. The Morgan fingerprint density at radius 1 is 1.17 bits per heavy atom. The summed E-state index contributed by atoms with van der Waals surface area (Å²) < 4.78 is 0. The standard InChI is InChI=1S/C20H19ClN2O/c1-13-4-2-3-5-16(13)20-17-10-15(21)8-9-18(17)23(12-14-6-7-14)19(24)11-22-20/h2-5,8-10,14H,6-7,11-12H2,1H3. The molecule has 122 valence electrons. The molecule has 1 aliphatic heterocycles. The van der Waals surface area contributed by atoms with Crippen LogP contribution in [0.25, 0.3) is 0 Å². The van der Waals surface area contributed by atoms with Crippen molar-refractivity contribution in [2.75, 3.05) is 18.0 Å². The van der Waals surface area contributed by atoms with Gasteiger partial charge in [-0.3, -0.25) is 9.79 Å². The Bertz CT molecular complexity index is 839. The zero-order valence-corrected chi connectivity index (χ0v) is 14.4. The van der Waals surface area contributed by atoms with Gasteiger partial charge in [0.05, 0.1) is 11.4 Å². The number of hydrogen-bond acceptors (Lipinski definition) is 2. The maximum Gasteiger partial charge on any atom is 0.248 e. The minimum atomic E-state index is 0.0639. The fourth-order valence-electron chi connectivity index (χ4n) is 3.21. The third kappa shape index (κ3) is 2.84. The van der Waals surface area contributed by atoms with E-state index in [1.165, 1.54) is 12.8 Å². The van der Waals surface area contributed by atoms with Gasteiger partial charge in [-0.2, -0.15) is 0 Å². The molecule has 1 saturated carbocycles. The molecule has 1 aliphatic carbocycles. The Balaban J connectivity index is 1.87. The van der Waals surface area contributed by atoms with Gasteiger partial charge in [0, 0.05) is 22.7 Å². The molecule has 24 heavy (non-hydrogen) atoms. The van der Waals surface area contributed by atoms with Crippen LogP contribution in [0.2, 0.25) is 5.02 Å². The van der Waals surface area contributed by atoms with Crippen molar-refractivity contribution in [2.24, 2.45) is 10.9 Å². The monoisotopic (exact) mass is 338 g/mol. The third-order valence-electron chi connectivity index (χ3n) is 4.72. The second kappa shape index (κ2) is 6.06. The van der Waals surface area contributed by atoms with Crippen LogP contribution in [0, 0.1) is 12.8 Å². The highest BCUT2D eigenvalue weighted by molar-refractivity contribution is 6.32. The van der Waals surface area contributed by atoms with Gasteiger partial charge in [0.25, 0.3) is 0 Å². The highest BCUT2D eigenvalue weighted by Gasteiger charge is 2.31. The summed E-state index contributed by atoms with van der Waals surface area (Å²) in [6.45, 7) is 3.03. The van der Waals surface area contributed by atoms with Gasteiger partial charge in [-0.1, -0.05) is 35.9 Å². The molecule has 0 aromatic heterocycles. The predicted octanol–water partition coefficient (Wildman–Crippen LogP) is 4.24. The van der Waals surface area contributed by atoms with Crippen LogP contribution < -0.4 is 4.90 Å². The number of fused-ring (bicyclic) bond motifs is 1. The first-order chi connectivity index (χ1) is 11.6. The van der Waals surface area contributed by atoms with Gasteiger partial charge in [0.2, 0.25) is 5.91 Å². The Labute approximate surface area is 147 Å². The largest absolute Gasteiger partial charge is 0.310 e. The minimum Gasteiger partial charge on any atom is -0.310 e. The van der Waals surface area contributed by atoms with Crippen molar-refractivity contribution >= 4 is 28.9 Å². The Morgan fingerprint density at radius 2 is 1.96 bits per heavy atom. The number of carbonyl (C=O) groups is 1. The van der Waals surface area contributed by atoms with Crippen molar-refractivity contribution in [2.45, 2.75) is 19.8 Å². The van der Waals surface area contributed by atoms with Crippen LogP contribution in [-0.4, -0.2) is 24.7 Å². The van der Waals surface area contributed by atoms with Gasteiger partial charge in [0.15, 0.2) is 0 Å². The van der Waals surface area contributed by atoms with E-state index in [0.29, 0.717) is 10.9 Å². The molecular weight excluding hydrogens is 320 g/mol. The Kier molecular flexibility index (Phi) is 3.89. The van der Waals surface area contributed by atoms with Crippen LogP contribution in [-0.2, 0) is 4.79 Å². The Morgan fingerprint density at radius 3 is 2.71 bits per heavy atom. The van der Waals surface area contributed by atoms with E-state index in [9.17, 15) is 4.79 Å². The number of aryl methyl sites for hydroxylation is 1. The number of amides is 1. The van der Waals surface area contributed by atoms with Crippen LogP contribution in [0.1, 0.15) is 29.5 Å². The van der Waals surface area contributed by atoms with Crippen LogP contribution in [0.5, 0.6) is 0 Å². The lowest BCUT2D eigenvalue weighted by molar-refractivity contribution is -0.117. The van der Waals surface area contributed by atoms with Crippen molar-refractivity contribution in [3.8, 4) is 0 Å². The predicted molar refractivity (Wildman–Crippen MR) is 98.2 cm³/mol. The van der Waals surface area contributed by atoms with E-state index in [1.807, 2.05) is 35.2 Å². The molecule has 2 aromatic rings. The summed E-state index contributed by atoms with van der Waals surface area (Å²) in [5, 5.41) is 0.663. The molecule has 2 aliphatic rings. The zero-order chi connectivity index (χ0) is 16.7. The van der Waals surface area contributed by atoms with Crippen LogP contribution in [0.15, 0.2) is 47.5 Å². The van der Waals surface area contributed by atoms with E-state index in [1.54, 1.807) is 0 Å². The lowest BCUT2D eigenvalue weighted by Crippen LogP contribution is -2.34. The normalized spacial score (nSPS) is 17.3. The van der Waals surface area contributed by atoms with Gasteiger partial charge in [-0.15, -0.1) is 0 Å². The first kappa shape index (κ1) is 15.4. The van der Waals surface area contributed by atoms with Gasteiger partial charge < -0.3 is 4.90 Å². The number of carbonyl (C=O) groups excluding carboxylic acids is 1. The number of hydrogen-bond donors (Lipinski definition) is 0. The van der Waals surface area contributed by atoms with Crippen molar-refractivity contribution in [1.29, 1.82) is 0 Å². The molecule has 2 aromatic carbocycles. The second-order valence-corrected chi connectivity index (χ2v) is 7.03. The fourth-order valence-corrected chi connectivity index (χ4v) is 3.38. The summed E-state index contributed by atoms with van der Waals surface area (Å²) in [4.78, 5) is 19.2. The number of nitrogens with zero attached hydrogens (tertiary/aromatic N) is 2. The average molecular weight is 339 g/mol. The smallest absolute Gasteiger partial charge is 0.248 e. The quantitative estimate of drug-likeness (QED) is 0.823.